The molecule has 0 N–H and O–H groups in total. The van der Waals surface area contributed by atoms with Crippen molar-refractivity contribution in [3.63, 3.8) is 0 Å². The fourth-order valence-corrected chi connectivity index (χ4v) is 3.20. The van der Waals surface area contributed by atoms with Crippen LogP contribution in [0.15, 0.2) is 24.3 Å². The van der Waals surface area contributed by atoms with Crippen LogP contribution in [0.1, 0.15) is 46.5 Å². The largest absolute Gasteiger partial charge is 0.490 e. The first-order chi connectivity index (χ1) is 12.1. The maximum absolute atomic E-state index is 12.6. The number of para-hydroxylation sites is 2. The summed E-state index contributed by atoms with van der Waals surface area (Å²) in [7, 11) is 0. The first-order valence-corrected chi connectivity index (χ1v) is 9.40. The van der Waals surface area contributed by atoms with Crippen LogP contribution in [0, 0.1) is 5.92 Å². The van der Waals surface area contributed by atoms with Crippen molar-refractivity contribution in [3.05, 3.63) is 24.3 Å². The van der Waals surface area contributed by atoms with E-state index < -0.39 is 0 Å². The van der Waals surface area contributed by atoms with Gasteiger partial charge in [-0.2, -0.15) is 0 Å². The van der Waals surface area contributed by atoms with Gasteiger partial charge in [-0.1, -0.05) is 38.8 Å². The highest BCUT2D eigenvalue weighted by Gasteiger charge is 2.24. The zero-order chi connectivity index (χ0) is 18.2. The molecule has 1 aliphatic heterocycles. The van der Waals surface area contributed by atoms with E-state index in [9.17, 15) is 9.59 Å². The Bertz CT molecular complexity index is 584. The number of hydrogen-bond donors (Lipinski definition) is 0. The molecule has 0 fully saturated rings. The van der Waals surface area contributed by atoms with Crippen LogP contribution in [0.25, 0.3) is 0 Å². The average molecular weight is 346 g/mol. The van der Waals surface area contributed by atoms with Gasteiger partial charge < -0.3 is 14.5 Å². The van der Waals surface area contributed by atoms with Gasteiger partial charge in [0, 0.05) is 25.9 Å². The monoisotopic (exact) mass is 346 g/mol. The minimum atomic E-state index is -0.0114. The molecule has 0 aromatic heterocycles. The number of hydrogen-bond acceptors (Lipinski definition) is 3. The minimum absolute atomic E-state index is 0.0114. The van der Waals surface area contributed by atoms with Crippen LogP contribution < -0.4 is 9.64 Å². The smallest absolute Gasteiger partial charge is 0.227 e. The molecule has 1 aromatic rings. The van der Waals surface area contributed by atoms with Crippen molar-refractivity contribution in [3.8, 4) is 5.75 Å². The summed E-state index contributed by atoms with van der Waals surface area (Å²) in [5, 5.41) is 0. The molecule has 0 saturated carbocycles. The number of anilines is 1. The Labute approximate surface area is 150 Å². The highest BCUT2D eigenvalue weighted by molar-refractivity contribution is 5.97. The van der Waals surface area contributed by atoms with E-state index in [-0.39, 0.29) is 24.7 Å². The highest BCUT2D eigenvalue weighted by Crippen LogP contribution is 2.31. The summed E-state index contributed by atoms with van der Waals surface area (Å²) in [6.07, 6.45) is 2.66. The maximum Gasteiger partial charge on any atom is 0.227 e. The lowest BCUT2D eigenvalue weighted by Gasteiger charge is -2.30. The summed E-state index contributed by atoms with van der Waals surface area (Å²) < 4.78 is 5.58. The first-order valence-electron chi connectivity index (χ1n) is 9.40. The van der Waals surface area contributed by atoms with E-state index in [1.165, 1.54) is 0 Å². The third-order valence-electron chi connectivity index (χ3n) is 4.95. The molecule has 2 amide bonds. The van der Waals surface area contributed by atoms with Crippen LogP contribution >= 0.6 is 0 Å². The van der Waals surface area contributed by atoms with Gasteiger partial charge in [0.2, 0.25) is 11.8 Å². The van der Waals surface area contributed by atoms with Gasteiger partial charge in [0.1, 0.15) is 12.4 Å². The zero-order valence-corrected chi connectivity index (χ0v) is 15.7. The zero-order valence-electron chi connectivity index (χ0n) is 15.7. The van der Waals surface area contributed by atoms with Gasteiger partial charge in [0.05, 0.1) is 12.2 Å². The lowest BCUT2D eigenvalue weighted by molar-refractivity contribution is -0.133. The molecule has 1 aliphatic rings. The molecule has 0 radical (unpaired) electrons. The van der Waals surface area contributed by atoms with Crippen molar-refractivity contribution in [2.45, 2.75) is 46.5 Å². The second-order valence-electron chi connectivity index (χ2n) is 6.48. The Morgan fingerprint density at radius 3 is 2.56 bits per heavy atom. The standard InChI is InChI=1S/C20H30N2O3/c1-4-16(5-2)15-21(6-3)19(23)11-12-20(24)22-13-14-25-18-10-8-7-9-17(18)22/h7-10,16H,4-6,11-15H2,1-3H3. The SMILES string of the molecule is CCC(CC)CN(CC)C(=O)CCC(=O)N1CCOc2ccccc21. The molecular formula is C20H30N2O3. The molecule has 25 heavy (non-hydrogen) atoms. The maximum atomic E-state index is 12.6. The van der Waals surface area contributed by atoms with Crippen molar-refractivity contribution < 1.29 is 14.3 Å². The van der Waals surface area contributed by atoms with Gasteiger partial charge >= 0.3 is 0 Å². The number of amides is 2. The Morgan fingerprint density at radius 2 is 1.88 bits per heavy atom. The van der Waals surface area contributed by atoms with Crippen LogP contribution in [0.2, 0.25) is 0 Å². The Kier molecular flexibility index (Phi) is 7.29. The van der Waals surface area contributed by atoms with Crippen LogP contribution in [0.4, 0.5) is 5.69 Å². The Hall–Kier alpha value is -2.04. The normalized spacial score (nSPS) is 13.4. The summed E-state index contributed by atoms with van der Waals surface area (Å²) >= 11 is 0. The summed E-state index contributed by atoms with van der Waals surface area (Å²) in [5.74, 6) is 1.33. The second-order valence-corrected chi connectivity index (χ2v) is 6.48. The summed E-state index contributed by atoms with van der Waals surface area (Å²) in [5.41, 5.74) is 0.801. The molecule has 1 aromatic carbocycles. The van der Waals surface area contributed by atoms with Gasteiger partial charge in [0.15, 0.2) is 0 Å². The molecule has 2 rings (SSSR count). The fourth-order valence-electron chi connectivity index (χ4n) is 3.20. The molecule has 0 unspecified atom stereocenters. The summed E-state index contributed by atoms with van der Waals surface area (Å²) in [6, 6.07) is 7.55. The predicted molar refractivity (Wildman–Crippen MR) is 99.9 cm³/mol. The molecule has 5 nitrogen and oxygen atoms in total. The average Bonchev–Trinajstić information content (AvgIpc) is 2.66. The van der Waals surface area contributed by atoms with Gasteiger partial charge in [-0.25, -0.2) is 0 Å². The Morgan fingerprint density at radius 1 is 1.16 bits per heavy atom. The van der Waals surface area contributed by atoms with Gasteiger partial charge in [-0.05, 0) is 25.0 Å². The van der Waals surface area contributed by atoms with Crippen molar-refractivity contribution in [1.29, 1.82) is 0 Å². The van der Waals surface area contributed by atoms with Crippen molar-refractivity contribution in [2.24, 2.45) is 5.92 Å². The number of carbonyl (C=O) groups is 2. The third-order valence-corrected chi connectivity index (χ3v) is 4.95. The van der Waals surface area contributed by atoms with E-state index >= 15 is 0 Å². The Balaban J connectivity index is 1.92. The summed E-state index contributed by atoms with van der Waals surface area (Å²) in [6.45, 7) is 8.83. The number of benzene rings is 1. The molecular weight excluding hydrogens is 316 g/mol. The second kappa shape index (κ2) is 9.44. The lowest BCUT2D eigenvalue weighted by Crippen LogP contribution is -2.39. The molecule has 0 aliphatic carbocycles. The molecule has 5 heteroatoms. The van der Waals surface area contributed by atoms with E-state index in [4.69, 9.17) is 4.74 Å². The van der Waals surface area contributed by atoms with Crippen molar-refractivity contribution in [2.75, 3.05) is 31.1 Å². The molecule has 0 saturated heterocycles. The molecule has 0 bridgehead atoms. The van der Waals surface area contributed by atoms with Crippen molar-refractivity contribution >= 4 is 17.5 Å². The van der Waals surface area contributed by atoms with Gasteiger partial charge in [-0.3, -0.25) is 9.59 Å². The lowest BCUT2D eigenvalue weighted by atomic mass is 10.0. The fraction of sp³-hybridized carbons (Fsp3) is 0.600. The molecule has 0 spiro atoms. The van der Waals surface area contributed by atoms with Gasteiger partial charge in [-0.15, -0.1) is 0 Å². The van der Waals surface area contributed by atoms with E-state index in [1.54, 1.807) is 4.90 Å². The van der Waals surface area contributed by atoms with Crippen LogP contribution in [0.5, 0.6) is 5.75 Å². The van der Waals surface area contributed by atoms with Crippen LogP contribution in [-0.4, -0.2) is 43.0 Å². The van der Waals surface area contributed by atoms with Gasteiger partial charge in [0.25, 0.3) is 0 Å². The number of ether oxygens (including phenoxy) is 1. The highest BCUT2D eigenvalue weighted by atomic mass is 16.5. The number of carbonyl (C=O) groups excluding carboxylic acids is 2. The molecule has 1 heterocycles. The van der Waals surface area contributed by atoms with Crippen LogP contribution in [0.3, 0.4) is 0 Å². The molecule has 138 valence electrons. The first kappa shape index (κ1) is 19.3. The number of nitrogens with zero attached hydrogens (tertiary/aromatic N) is 2. The van der Waals surface area contributed by atoms with E-state index in [2.05, 4.69) is 13.8 Å². The van der Waals surface area contributed by atoms with E-state index in [1.807, 2.05) is 36.1 Å². The van der Waals surface area contributed by atoms with E-state index in [0.29, 0.717) is 25.6 Å². The third kappa shape index (κ3) is 4.97. The predicted octanol–water partition coefficient (Wildman–Crippen LogP) is 3.48. The van der Waals surface area contributed by atoms with Crippen molar-refractivity contribution in [1.82, 2.24) is 4.90 Å². The number of rotatable bonds is 8. The quantitative estimate of drug-likeness (QED) is 0.724. The topological polar surface area (TPSA) is 49.9 Å². The summed E-state index contributed by atoms with van der Waals surface area (Å²) in [4.78, 5) is 28.7. The van der Waals surface area contributed by atoms with Crippen LogP contribution in [-0.2, 0) is 9.59 Å². The van der Waals surface area contributed by atoms with E-state index in [0.717, 1.165) is 30.8 Å². The number of fused-ring (bicyclic) bond motifs is 1. The minimum Gasteiger partial charge on any atom is -0.490 e. The molecule has 0 atom stereocenters.